The lowest BCUT2D eigenvalue weighted by Crippen LogP contribution is -2.59. The molecule has 6 heteroatoms. The number of nitrogens with zero attached hydrogens (tertiary/aromatic N) is 1. The zero-order valence-electron chi connectivity index (χ0n) is 22.6. The first-order valence-electron chi connectivity index (χ1n) is 14.0. The Balaban J connectivity index is 1.34. The van der Waals surface area contributed by atoms with E-state index in [-0.39, 0.29) is 29.1 Å². The number of Topliss-reactive ketones (excluding diaryl/α,β-unsaturated/α-hetero) is 1. The van der Waals surface area contributed by atoms with E-state index in [4.69, 9.17) is 5.73 Å². The van der Waals surface area contributed by atoms with E-state index in [9.17, 15) is 4.79 Å². The Morgan fingerprint density at radius 2 is 1.67 bits per heavy atom. The molecule has 0 radical (unpaired) electrons. The highest BCUT2D eigenvalue weighted by Gasteiger charge is 2.51. The summed E-state index contributed by atoms with van der Waals surface area (Å²) in [6.07, 6.45) is 11.4. The van der Waals surface area contributed by atoms with Crippen molar-refractivity contribution in [2.45, 2.75) is 51.0 Å². The summed E-state index contributed by atoms with van der Waals surface area (Å²) in [5.74, 6) is 7.76. The molecule has 2 heterocycles. The normalized spacial score (nSPS) is 25.3. The summed E-state index contributed by atoms with van der Waals surface area (Å²) < 4.78 is 0. The standard InChI is InChI=1S/C33H35N3OS2/c1-3-8-23-11-14-28(38-23)29-15-16-30(39-29)31(37)24-12-13-27(33(17-6-7-18-33)36-32(34)35-2)26-20-22-10-5-4-9-21(22)19-25(24)26/h4-5,9-11,14-16,19-20,24-27H,6-7,12-13,17-18H2,1-2H3,(H3,34,35,36)/t24-,25+,26+,27+/m1/s1. The van der Waals surface area contributed by atoms with Crippen LogP contribution in [-0.2, 0) is 0 Å². The molecule has 4 nitrogen and oxygen atoms in total. The molecule has 0 amide bonds. The molecule has 0 unspecified atom stereocenters. The molecule has 6 rings (SSSR count). The predicted molar refractivity (Wildman–Crippen MR) is 164 cm³/mol. The van der Waals surface area contributed by atoms with Crippen LogP contribution in [0.5, 0.6) is 0 Å². The number of hydrogen-bond donors (Lipinski definition) is 2. The maximum absolute atomic E-state index is 14.2. The van der Waals surface area contributed by atoms with Crippen molar-refractivity contribution in [2.24, 2.45) is 34.4 Å². The second-order valence-corrected chi connectivity index (χ2v) is 13.2. The van der Waals surface area contributed by atoms with Crippen molar-refractivity contribution >= 4 is 46.6 Å². The van der Waals surface area contributed by atoms with Crippen molar-refractivity contribution in [1.82, 2.24) is 5.32 Å². The average Bonchev–Trinajstić information content (AvgIpc) is 3.73. The van der Waals surface area contributed by atoms with Crippen molar-refractivity contribution < 1.29 is 4.79 Å². The van der Waals surface area contributed by atoms with E-state index in [1.807, 2.05) is 13.0 Å². The van der Waals surface area contributed by atoms with Crippen LogP contribution in [0.3, 0.4) is 0 Å². The third kappa shape index (κ3) is 4.88. The first kappa shape index (κ1) is 26.1. The number of nitrogens with two attached hydrogens (primary N) is 1. The summed E-state index contributed by atoms with van der Waals surface area (Å²) in [5.41, 5.74) is 6.21. The third-order valence-corrected chi connectivity index (χ3v) is 11.3. The second kappa shape index (κ2) is 10.8. The van der Waals surface area contributed by atoms with Gasteiger partial charge in [0.1, 0.15) is 0 Å². The minimum absolute atomic E-state index is 0.0251. The molecule has 3 N–H and O–H groups in total. The van der Waals surface area contributed by atoms with Crippen molar-refractivity contribution in [3.05, 3.63) is 68.7 Å². The molecule has 1 aromatic carbocycles. The van der Waals surface area contributed by atoms with Gasteiger partial charge in [0.2, 0.25) is 0 Å². The van der Waals surface area contributed by atoms with Gasteiger partial charge in [-0.25, -0.2) is 0 Å². The molecule has 200 valence electrons. The smallest absolute Gasteiger partial charge is 0.188 e. The van der Waals surface area contributed by atoms with Gasteiger partial charge in [-0.1, -0.05) is 55.2 Å². The van der Waals surface area contributed by atoms with E-state index in [0.29, 0.717) is 11.9 Å². The molecule has 39 heavy (non-hydrogen) atoms. The highest BCUT2D eigenvalue weighted by Crippen LogP contribution is 2.51. The van der Waals surface area contributed by atoms with Crippen molar-refractivity contribution in [3.8, 4) is 21.6 Å². The highest BCUT2D eigenvalue weighted by molar-refractivity contribution is 7.23. The van der Waals surface area contributed by atoms with Crippen LogP contribution in [0.15, 0.2) is 53.5 Å². The molecule has 3 aromatic rings. The number of rotatable bonds is 5. The minimum atomic E-state index is -0.0640. The first-order chi connectivity index (χ1) is 19.0. The average molecular weight is 554 g/mol. The maximum atomic E-state index is 14.2. The zero-order chi connectivity index (χ0) is 27.0. The summed E-state index contributed by atoms with van der Waals surface area (Å²) in [7, 11) is 1.75. The van der Waals surface area contributed by atoms with Crippen LogP contribution in [0.25, 0.3) is 21.9 Å². The number of carbonyl (C=O) groups is 1. The monoisotopic (exact) mass is 553 g/mol. The summed E-state index contributed by atoms with van der Waals surface area (Å²) in [6, 6.07) is 16.9. The van der Waals surface area contributed by atoms with E-state index < -0.39 is 0 Å². The van der Waals surface area contributed by atoms with E-state index in [1.165, 1.54) is 28.2 Å². The molecule has 2 fully saturated rings. The number of aliphatic imine (C=N–C) groups is 1. The molecule has 2 saturated carbocycles. The number of thiophene rings is 2. The third-order valence-electron chi connectivity index (χ3n) is 9.01. The molecular weight excluding hydrogens is 519 g/mol. The van der Waals surface area contributed by atoms with Gasteiger partial charge in [0, 0.05) is 28.3 Å². The van der Waals surface area contributed by atoms with Crippen LogP contribution < -0.4 is 21.5 Å². The fourth-order valence-electron chi connectivity index (χ4n) is 7.27. The number of ketones is 1. The number of hydrogen-bond acceptors (Lipinski definition) is 4. The van der Waals surface area contributed by atoms with Crippen LogP contribution in [0.2, 0.25) is 0 Å². The fourth-order valence-corrected chi connectivity index (χ4v) is 9.28. The Kier molecular flexibility index (Phi) is 7.22. The van der Waals surface area contributed by atoms with E-state index >= 15 is 0 Å². The Bertz CT molecular complexity index is 1590. The number of fused-ring (bicyclic) bond motifs is 2. The summed E-state index contributed by atoms with van der Waals surface area (Å²) in [5, 5.41) is 6.21. The molecule has 3 aliphatic carbocycles. The largest absolute Gasteiger partial charge is 0.370 e. The van der Waals surface area contributed by atoms with Crippen LogP contribution in [-0.4, -0.2) is 24.3 Å². The van der Waals surface area contributed by atoms with Gasteiger partial charge in [0.25, 0.3) is 0 Å². The summed E-state index contributed by atoms with van der Waals surface area (Å²) in [4.78, 5) is 22.7. The molecule has 0 aliphatic heterocycles. The Morgan fingerprint density at radius 1 is 0.974 bits per heavy atom. The topological polar surface area (TPSA) is 67.5 Å². The van der Waals surface area contributed by atoms with Gasteiger partial charge >= 0.3 is 0 Å². The van der Waals surface area contributed by atoms with E-state index in [0.717, 1.165) is 40.3 Å². The van der Waals surface area contributed by atoms with Crippen molar-refractivity contribution in [1.29, 1.82) is 0 Å². The van der Waals surface area contributed by atoms with Gasteiger partial charge < -0.3 is 11.1 Å². The maximum Gasteiger partial charge on any atom is 0.188 e. The molecule has 0 bridgehead atoms. The molecule has 3 aliphatic rings. The van der Waals surface area contributed by atoms with Gasteiger partial charge in [0.15, 0.2) is 11.7 Å². The highest BCUT2D eigenvalue weighted by atomic mass is 32.1. The molecule has 0 spiro atoms. The lowest BCUT2D eigenvalue weighted by Gasteiger charge is -2.49. The van der Waals surface area contributed by atoms with E-state index in [1.54, 1.807) is 29.7 Å². The zero-order valence-corrected chi connectivity index (χ0v) is 24.2. The lowest BCUT2D eigenvalue weighted by molar-refractivity contribution is 0.0664. The van der Waals surface area contributed by atoms with Gasteiger partial charge in [0.05, 0.1) is 9.75 Å². The summed E-state index contributed by atoms with van der Waals surface area (Å²) in [6.45, 7) is 1.86. The van der Waals surface area contributed by atoms with Crippen molar-refractivity contribution in [3.63, 3.8) is 0 Å². The molecule has 0 saturated heterocycles. The SMILES string of the molecule is CC#Cc1ccc(-c2ccc(C(=O)[C@@H]3CC[C@H](C4(NC(N)=NC)CCCC4)[C@H]4C=c5ccccc5=C[C@H]43)s2)s1. The fraction of sp³-hybridized carbons (Fsp3) is 0.394. The van der Waals surface area contributed by atoms with Gasteiger partial charge in [-0.2, -0.15) is 0 Å². The summed E-state index contributed by atoms with van der Waals surface area (Å²) >= 11 is 3.31. The molecular formula is C33H35N3OS2. The van der Waals surface area contributed by atoms with Crippen LogP contribution >= 0.6 is 22.7 Å². The van der Waals surface area contributed by atoms with Gasteiger partial charge in [-0.15, -0.1) is 28.6 Å². The van der Waals surface area contributed by atoms with Crippen LogP contribution in [0.1, 0.15) is 60.0 Å². The van der Waals surface area contributed by atoms with Crippen LogP contribution in [0.4, 0.5) is 0 Å². The molecule has 4 atom stereocenters. The Labute approximate surface area is 238 Å². The van der Waals surface area contributed by atoms with Crippen LogP contribution in [0, 0.1) is 35.5 Å². The number of guanidine groups is 1. The number of carbonyl (C=O) groups excluding carboxylic acids is 1. The Morgan fingerprint density at radius 3 is 2.38 bits per heavy atom. The van der Waals surface area contributed by atoms with Gasteiger partial charge in [-0.3, -0.25) is 9.79 Å². The minimum Gasteiger partial charge on any atom is -0.370 e. The lowest BCUT2D eigenvalue weighted by atomic mass is 9.58. The second-order valence-electron chi connectivity index (χ2n) is 11.1. The Hall–Kier alpha value is -3.14. The quantitative estimate of drug-likeness (QED) is 0.192. The van der Waals surface area contributed by atoms with Crippen molar-refractivity contribution in [2.75, 3.05) is 7.05 Å². The van der Waals surface area contributed by atoms with Gasteiger partial charge in [-0.05, 0) is 85.1 Å². The number of nitrogens with one attached hydrogen (secondary N) is 1. The predicted octanol–water partition coefficient (Wildman–Crippen LogP) is 5.41. The first-order valence-corrected chi connectivity index (χ1v) is 15.6. The van der Waals surface area contributed by atoms with E-state index in [2.05, 4.69) is 76.8 Å². The number of benzene rings is 1. The molecule has 2 aromatic heterocycles.